The highest BCUT2D eigenvalue weighted by Crippen LogP contribution is 2.44. The maximum Gasteiger partial charge on any atom is 0.320 e. The van der Waals surface area contributed by atoms with Crippen LogP contribution in [0.3, 0.4) is 0 Å². The molecule has 0 aliphatic carbocycles. The number of fused-ring (bicyclic) bond motifs is 1. The van der Waals surface area contributed by atoms with Gasteiger partial charge < -0.3 is 29.8 Å². The third-order valence-corrected chi connectivity index (χ3v) is 5.80. The van der Waals surface area contributed by atoms with E-state index in [0.29, 0.717) is 28.8 Å². The van der Waals surface area contributed by atoms with Crippen LogP contribution < -0.4 is 24.8 Å². The van der Waals surface area contributed by atoms with Crippen molar-refractivity contribution in [3.8, 4) is 17.2 Å². The number of carbonyl (C=O) groups is 1. The smallest absolute Gasteiger partial charge is 0.320 e. The fourth-order valence-corrected chi connectivity index (χ4v) is 4.25. The zero-order valence-electron chi connectivity index (χ0n) is 19.0. The molecule has 0 radical (unpaired) electrons. The highest BCUT2D eigenvalue weighted by molar-refractivity contribution is 6.02. The van der Waals surface area contributed by atoms with E-state index in [4.69, 9.17) is 19.2 Å². The number of urea groups is 1. The van der Waals surface area contributed by atoms with Gasteiger partial charge in [0.15, 0.2) is 11.5 Å². The van der Waals surface area contributed by atoms with Crippen LogP contribution >= 0.6 is 0 Å². The minimum Gasteiger partial charge on any atom is -0.493 e. The van der Waals surface area contributed by atoms with Crippen LogP contribution in [0.5, 0.6) is 17.2 Å². The highest BCUT2D eigenvalue weighted by atomic mass is 16.5. The fourth-order valence-electron chi connectivity index (χ4n) is 4.25. The first-order valence-corrected chi connectivity index (χ1v) is 10.7. The van der Waals surface area contributed by atoms with E-state index in [2.05, 4.69) is 15.6 Å². The van der Waals surface area contributed by atoms with Gasteiger partial charge in [0, 0.05) is 5.57 Å². The molecule has 8 heteroatoms. The Balaban J connectivity index is 1.78. The van der Waals surface area contributed by atoms with Crippen LogP contribution in [0.15, 0.2) is 66.7 Å². The topological polar surface area (TPSA) is 97.5 Å². The third-order valence-electron chi connectivity index (χ3n) is 5.80. The number of imidazole rings is 1. The van der Waals surface area contributed by atoms with Gasteiger partial charge in [0.05, 0.1) is 44.1 Å². The number of aromatic nitrogens is 2. The van der Waals surface area contributed by atoms with Crippen LogP contribution in [0.1, 0.15) is 23.0 Å². The Hall–Kier alpha value is -4.46. The van der Waals surface area contributed by atoms with Gasteiger partial charge in [-0.05, 0) is 35.4 Å². The Kier molecular flexibility index (Phi) is 5.55. The van der Waals surface area contributed by atoms with Gasteiger partial charge in [0.2, 0.25) is 5.75 Å². The van der Waals surface area contributed by atoms with Gasteiger partial charge in [-0.25, -0.2) is 9.78 Å². The van der Waals surface area contributed by atoms with E-state index in [1.165, 1.54) is 0 Å². The van der Waals surface area contributed by atoms with Crippen LogP contribution in [0, 0.1) is 0 Å². The molecule has 2 amide bonds. The number of benzene rings is 3. The van der Waals surface area contributed by atoms with Gasteiger partial charge in [-0.3, -0.25) is 0 Å². The van der Waals surface area contributed by atoms with E-state index in [9.17, 15) is 4.79 Å². The first-order valence-electron chi connectivity index (χ1n) is 10.7. The normalized spacial score (nSPS) is 15.6. The van der Waals surface area contributed by atoms with Crippen molar-refractivity contribution in [2.24, 2.45) is 0 Å². The van der Waals surface area contributed by atoms with Gasteiger partial charge in [0.1, 0.15) is 5.82 Å². The number of rotatable bonds is 6. The van der Waals surface area contributed by atoms with Crippen LogP contribution in [-0.2, 0) is 0 Å². The van der Waals surface area contributed by atoms with Crippen LogP contribution in [0.25, 0.3) is 22.3 Å². The van der Waals surface area contributed by atoms with Crippen molar-refractivity contribution < 1.29 is 19.0 Å². The van der Waals surface area contributed by atoms with E-state index >= 15 is 0 Å². The molecular weight excluding hydrogens is 432 g/mol. The monoisotopic (exact) mass is 456 g/mol. The summed E-state index contributed by atoms with van der Waals surface area (Å²) >= 11 is 0. The second kappa shape index (κ2) is 8.82. The summed E-state index contributed by atoms with van der Waals surface area (Å²) in [6.07, 6.45) is 0. The summed E-state index contributed by atoms with van der Waals surface area (Å²) in [4.78, 5) is 21.1. The third kappa shape index (κ3) is 3.69. The molecule has 4 aromatic rings. The lowest BCUT2D eigenvalue weighted by molar-refractivity contribution is 0.242. The number of carbonyl (C=O) groups excluding carboxylic acids is 1. The maximum absolute atomic E-state index is 12.8. The van der Waals surface area contributed by atoms with E-state index in [-0.39, 0.29) is 6.03 Å². The molecule has 5 rings (SSSR count). The molecule has 0 saturated carbocycles. The zero-order valence-corrected chi connectivity index (χ0v) is 19.0. The van der Waals surface area contributed by atoms with Gasteiger partial charge in [-0.15, -0.1) is 0 Å². The second-order valence-corrected chi connectivity index (χ2v) is 7.75. The summed E-state index contributed by atoms with van der Waals surface area (Å²) < 4.78 is 16.6. The number of para-hydroxylation sites is 2. The molecule has 1 aliphatic heterocycles. The first-order chi connectivity index (χ1) is 16.6. The minimum atomic E-state index is -0.543. The number of nitrogens with zero attached hydrogens (tertiary/aromatic N) is 1. The zero-order chi connectivity index (χ0) is 23.7. The van der Waals surface area contributed by atoms with Gasteiger partial charge in [-0.1, -0.05) is 42.5 Å². The molecule has 1 atom stereocenters. The quantitative estimate of drug-likeness (QED) is 0.397. The molecule has 1 aliphatic rings. The predicted octanol–water partition coefficient (Wildman–Crippen LogP) is 4.51. The lowest BCUT2D eigenvalue weighted by atomic mass is 9.91. The molecule has 1 unspecified atom stereocenters. The number of aromatic amines is 1. The van der Waals surface area contributed by atoms with E-state index in [1.807, 2.05) is 66.7 Å². The molecule has 3 N–H and O–H groups in total. The Morgan fingerprint density at radius 1 is 0.853 bits per heavy atom. The predicted molar refractivity (Wildman–Crippen MR) is 130 cm³/mol. The summed E-state index contributed by atoms with van der Waals surface area (Å²) in [7, 11) is 4.68. The number of amides is 2. The Morgan fingerprint density at radius 3 is 2.18 bits per heavy atom. The summed E-state index contributed by atoms with van der Waals surface area (Å²) in [6.45, 7) is 0. The second-order valence-electron chi connectivity index (χ2n) is 7.75. The van der Waals surface area contributed by atoms with Crippen molar-refractivity contribution in [3.05, 3.63) is 83.7 Å². The number of nitrogens with one attached hydrogen (secondary N) is 3. The summed E-state index contributed by atoms with van der Waals surface area (Å²) in [5, 5.41) is 6.03. The lowest BCUT2D eigenvalue weighted by Gasteiger charge is -2.30. The molecule has 0 spiro atoms. The number of hydrogen-bond donors (Lipinski definition) is 3. The number of methoxy groups -OCH3 is 3. The average molecular weight is 457 g/mol. The molecule has 2 heterocycles. The molecule has 0 saturated heterocycles. The summed E-state index contributed by atoms with van der Waals surface area (Å²) in [5.74, 6) is 2.11. The van der Waals surface area contributed by atoms with E-state index in [0.717, 1.165) is 27.7 Å². The van der Waals surface area contributed by atoms with Crippen LogP contribution in [0.2, 0.25) is 0 Å². The van der Waals surface area contributed by atoms with Crippen molar-refractivity contribution in [1.29, 1.82) is 0 Å². The number of H-pyrrole nitrogens is 1. The minimum absolute atomic E-state index is 0.322. The SMILES string of the molecule is COc1cc(C2NC(=O)NC(c3ccccc3)=C2c2nc3ccccc3[nH]2)cc(OC)c1OC. The van der Waals surface area contributed by atoms with Crippen LogP contribution in [0.4, 0.5) is 4.79 Å². The standard InChI is InChI=1S/C26H24N4O4/c1-32-19-13-16(14-20(33-2)24(19)34-3)23-21(25-27-17-11-7-8-12-18(17)28-25)22(29-26(31)30-23)15-9-5-4-6-10-15/h4-14,23H,1-3H3,(H,27,28)(H2,29,30,31). The molecule has 0 bridgehead atoms. The van der Waals surface area contributed by atoms with Gasteiger partial charge in [-0.2, -0.15) is 0 Å². The number of ether oxygens (including phenoxy) is 3. The maximum atomic E-state index is 12.8. The Bertz CT molecular complexity index is 1340. The molecule has 34 heavy (non-hydrogen) atoms. The van der Waals surface area contributed by atoms with E-state index < -0.39 is 6.04 Å². The molecular formula is C26H24N4O4. The molecule has 3 aromatic carbocycles. The van der Waals surface area contributed by atoms with Crippen LogP contribution in [-0.4, -0.2) is 37.3 Å². The summed E-state index contributed by atoms with van der Waals surface area (Å²) in [5.41, 5.74) is 4.81. The largest absolute Gasteiger partial charge is 0.493 e. The molecule has 8 nitrogen and oxygen atoms in total. The number of hydrogen-bond acceptors (Lipinski definition) is 5. The first kappa shape index (κ1) is 21.4. The van der Waals surface area contributed by atoms with Crippen molar-refractivity contribution in [1.82, 2.24) is 20.6 Å². The van der Waals surface area contributed by atoms with Gasteiger partial charge >= 0.3 is 6.03 Å². The average Bonchev–Trinajstić information content (AvgIpc) is 3.31. The highest BCUT2D eigenvalue weighted by Gasteiger charge is 2.33. The van der Waals surface area contributed by atoms with Crippen molar-refractivity contribution in [2.45, 2.75) is 6.04 Å². The van der Waals surface area contributed by atoms with E-state index in [1.54, 1.807) is 21.3 Å². The van der Waals surface area contributed by atoms with Crippen molar-refractivity contribution in [2.75, 3.05) is 21.3 Å². The van der Waals surface area contributed by atoms with Gasteiger partial charge in [0.25, 0.3) is 0 Å². The Morgan fingerprint density at radius 2 is 1.53 bits per heavy atom. The molecule has 172 valence electrons. The fraction of sp³-hybridized carbons (Fsp3) is 0.154. The molecule has 0 fully saturated rings. The van der Waals surface area contributed by atoms with Crippen molar-refractivity contribution >= 4 is 28.3 Å². The summed E-state index contributed by atoms with van der Waals surface area (Å²) in [6, 6.07) is 20.3. The lowest BCUT2D eigenvalue weighted by Crippen LogP contribution is -2.43. The Labute approximate surface area is 196 Å². The molecule has 1 aromatic heterocycles. The van der Waals surface area contributed by atoms with Crippen molar-refractivity contribution in [3.63, 3.8) is 0 Å².